The molecule has 6 nitrogen and oxygen atoms in total. The second kappa shape index (κ2) is 8.88. The van der Waals surface area contributed by atoms with E-state index in [1.54, 1.807) is 4.57 Å². The monoisotopic (exact) mass is 477 g/mol. The maximum Gasteiger partial charge on any atom is 0.340 e. The third kappa shape index (κ3) is 3.57. The van der Waals surface area contributed by atoms with E-state index in [0.717, 1.165) is 56.9 Å². The van der Waals surface area contributed by atoms with Gasteiger partial charge in [0.15, 0.2) is 6.10 Å². The summed E-state index contributed by atoms with van der Waals surface area (Å²) in [5.74, 6) is -0.714. The molecule has 0 amide bonds. The SMILES string of the molecule is CCC(OC(=O)c1c2c(nc3ccccc13)CCN(C)C2)C(=O)n1c2ccccc2c2ccccc21. The van der Waals surface area contributed by atoms with Gasteiger partial charge in [-0.25, -0.2) is 4.79 Å². The molecule has 1 aliphatic heterocycles. The summed E-state index contributed by atoms with van der Waals surface area (Å²) in [5.41, 5.74) is 4.75. The molecular weight excluding hydrogens is 450 g/mol. The van der Waals surface area contributed by atoms with Crippen LogP contribution in [0.15, 0.2) is 72.8 Å². The minimum Gasteiger partial charge on any atom is -0.449 e. The predicted octanol–water partition coefficient (Wildman–Crippen LogP) is 5.61. The lowest BCUT2D eigenvalue weighted by molar-refractivity contribution is 0.0244. The predicted molar refractivity (Wildman–Crippen MR) is 141 cm³/mol. The molecule has 2 aromatic heterocycles. The van der Waals surface area contributed by atoms with Crippen molar-refractivity contribution in [3.05, 3.63) is 89.6 Å². The smallest absolute Gasteiger partial charge is 0.340 e. The van der Waals surface area contributed by atoms with Crippen molar-refractivity contribution in [2.45, 2.75) is 32.4 Å². The van der Waals surface area contributed by atoms with Crippen molar-refractivity contribution in [3.8, 4) is 0 Å². The molecule has 180 valence electrons. The Morgan fingerprint density at radius 2 is 1.53 bits per heavy atom. The van der Waals surface area contributed by atoms with E-state index in [-0.39, 0.29) is 5.91 Å². The zero-order valence-electron chi connectivity index (χ0n) is 20.4. The number of benzene rings is 3. The Kier molecular flexibility index (Phi) is 5.53. The number of para-hydroxylation sites is 3. The van der Waals surface area contributed by atoms with Gasteiger partial charge in [-0.05, 0) is 31.7 Å². The number of carbonyl (C=O) groups is 2. The summed E-state index contributed by atoms with van der Waals surface area (Å²) in [5, 5.41) is 2.76. The van der Waals surface area contributed by atoms with Crippen molar-refractivity contribution in [1.29, 1.82) is 0 Å². The average Bonchev–Trinajstić information content (AvgIpc) is 3.24. The number of ether oxygens (including phenoxy) is 1. The first-order valence-corrected chi connectivity index (χ1v) is 12.4. The van der Waals surface area contributed by atoms with Gasteiger partial charge in [0.25, 0.3) is 5.91 Å². The van der Waals surface area contributed by atoms with Gasteiger partial charge in [0.2, 0.25) is 0 Å². The third-order valence-electron chi connectivity index (χ3n) is 7.14. The van der Waals surface area contributed by atoms with Gasteiger partial charge in [0.1, 0.15) is 0 Å². The largest absolute Gasteiger partial charge is 0.449 e. The van der Waals surface area contributed by atoms with Gasteiger partial charge in [-0.15, -0.1) is 0 Å². The molecule has 6 rings (SSSR count). The Morgan fingerprint density at radius 1 is 0.917 bits per heavy atom. The summed E-state index contributed by atoms with van der Waals surface area (Å²) in [6.45, 7) is 3.38. The lowest BCUT2D eigenvalue weighted by Crippen LogP contribution is -2.33. The highest BCUT2D eigenvalue weighted by Crippen LogP contribution is 2.31. The number of rotatable bonds is 4. The molecule has 0 saturated carbocycles. The number of pyridine rings is 1. The van der Waals surface area contributed by atoms with Crippen LogP contribution in [0.5, 0.6) is 0 Å². The number of nitrogens with zero attached hydrogens (tertiary/aromatic N) is 3. The molecule has 1 aliphatic rings. The molecule has 0 radical (unpaired) electrons. The van der Waals surface area contributed by atoms with Crippen LogP contribution in [-0.2, 0) is 17.7 Å². The first-order valence-electron chi connectivity index (χ1n) is 12.4. The Hall–Kier alpha value is -4.03. The lowest BCUT2D eigenvalue weighted by atomic mass is 9.96. The van der Waals surface area contributed by atoms with Gasteiger partial charge in [-0.2, -0.15) is 0 Å². The number of hydrogen-bond donors (Lipinski definition) is 0. The molecule has 0 bridgehead atoms. The van der Waals surface area contributed by atoms with Gasteiger partial charge < -0.3 is 9.64 Å². The molecule has 3 heterocycles. The van der Waals surface area contributed by atoms with Crippen LogP contribution in [0, 0.1) is 0 Å². The first kappa shape index (κ1) is 22.4. The topological polar surface area (TPSA) is 64.4 Å². The summed E-state index contributed by atoms with van der Waals surface area (Å²) in [6.07, 6.45) is 0.228. The molecule has 0 aliphatic carbocycles. The summed E-state index contributed by atoms with van der Waals surface area (Å²) in [4.78, 5) is 34.7. The Bertz CT molecular complexity index is 1600. The van der Waals surface area contributed by atoms with E-state index < -0.39 is 12.1 Å². The lowest BCUT2D eigenvalue weighted by Gasteiger charge is -2.27. The van der Waals surface area contributed by atoms with Gasteiger partial charge in [0, 0.05) is 46.9 Å². The summed E-state index contributed by atoms with van der Waals surface area (Å²) in [6, 6.07) is 23.3. The van der Waals surface area contributed by atoms with Crippen molar-refractivity contribution in [2.24, 2.45) is 0 Å². The molecule has 0 N–H and O–H groups in total. The van der Waals surface area contributed by atoms with Gasteiger partial charge in [0.05, 0.1) is 22.1 Å². The van der Waals surface area contributed by atoms with Gasteiger partial charge >= 0.3 is 5.97 Å². The fraction of sp³-hybridized carbons (Fsp3) is 0.233. The van der Waals surface area contributed by atoms with Crippen LogP contribution in [0.4, 0.5) is 0 Å². The van der Waals surface area contributed by atoms with Gasteiger partial charge in [-0.1, -0.05) is 61.5 Å². The quantitative estimate of drug-likeness (QED) is 0.315. The Balaban J connectivity index is 1.43. The number of aromatic nitrogens is 2. The molecule has 36 heavy (non-hydrogen) atoms. The van der Waals surface area contributed by atoms with Crippen LogP contribution in [0.25, 0.3) is 32.7 Å². The second-order valence-electron chi connectivity index (χ2n) is 9.43. The normalized spacial score (nSPS) is 14.7. The third-order valence-corrected chi connectivity index (χ3v) is 7.14. The Labute approximate surface area is 209 Å². The number of hydrogen-bond acceptors (Lipinski definition) is 5. The van der Waals surface area contributed by atoms with E-state index in [0.29, 0.717) is 18.5 Å². The van der Waals surface area contributed by atoms with Crippen LogP contribution < -0.4 is 0 Å². The second-order valence-corrected chi connectivity index (χ2v) is 9.43. The van der Waals surface area contributed by atoms with Crippen LogP contribution >= 0.6 is 0 Å². The average molecular weight is 478 g/mol. The number of likely N-dealkylation sites (N-methyl/N-ethyl adjacent to an activating group) is 1. The molecular formula is C30H27N3O3. The van der Waals surface area contributed by atoms with Gasteiger partial charge in [-0.3, -0.25) is 14.3 Å². The number of carbonyl (C=O) groups excluding carboxylic acids is 2. The Morgan fingerprint density at radius 3 is 2.19 bits per heavy atom. The number of esters is 1. The molecule has 0 fully saturated rings. The first-order chi connectivity index (χ1) is 17.6. The molecule has 6 heteroatoms. The highest BCUT2D eigenvalue weighted by Gasteiger charge is 2.30. The maximum atomic E-state index is 13.9. The fourth-order valence-corrected chi connectivity index (χ4v) is 5.36. The molecule has 0 spiro atoms. The molecule has 3 aromatic carbocycles. The highest BCUT2D eigenvalue weighted by atomic mass is 16.5. The van der Waals surface area contributed by atoms with E-state index in [4.69, 9.17) is 9.72 Å². The summed E-state index contributed by atoms with van der Waals surface area (Å²) in [7, 11) is 2.04. The molecule has 1 atom stereocenters. The molecule has 5 aromatic rings. The number of fused-ring (bicyclic) bond motifs is 5. The van der Waals surface area contributed by atoms with Crippen LogP contribution in [-0.4, -0.2) is 46.0 Å². The zero-order valence-corrected chi connectivity index (χ0v) is 20.4. The minimum absolute atomic E-state index is 0.243. The van der Waals surface area contributed by atoms with Crippen LogP contribution in [0.2, 0.25) is 0 Å². The van der Waals surface area contributed by atoms with Crippen molar-refractivity contribution < 1.29 is 14.3 Å². The van der Waals surface area contributed by atoms with Crippen molar-refractivity contribution in [1.82, 2.24) is 14.5 Å². The van der Waals surface area contributed by atoms with Crippen molar-refractivity contribution in [2.75, 3.05) is 13.6 Å². The highest BCUT2D eigenvalue weighted by molar-refractivity contribution is 6.14. The summed E-state index contributed by atoms with van der Waals surface area (Å²) >= 11 is 0. The maximum absolute atomic E-state index is 13.9. The van der Waals surface area contributed by atoms with E-state index >= 15 is 0 Å². The van der Waals surface area contributed by atoms with E-state index in [9.17, 15) is 9.59 Å². The van der Waals surface area contributed by atoms with Crippen molar-refractivity contribution >= 4 is 44.6 Å². The van der Waals surface area contributed by atoms with E-state index in [1.165, 1.54) is 0 Å². The van der Waals surface area contributed by atoms with E-state index in [2.05, 4.69) is 4.90 Å². The minimum atomic E-state index is -0.916. The van der Waals surface area contributed by atoms with Crippen LogP contribution in [0.3, 0.4) is 0 Å². The van der Waals surface area contributed by atoms with Crippen LogP contribution in [0.1, 0.15) is 39.8 Å². The van der Waals surface area contributed by atoms with E-state index in [1.807, 2.05) is 86.8 Å². The van der Waals surface area contributed by atoms with Crippen molar-refractivity contribution in [3.63, 3.8) is 0 Å². The summed E-state index contributed by atoms with van der Waals surface area (Å²) < 4.78 is 7.72. The standard InChI is InChI=1S/C30H27N3O3/c1-3-27(29(34)33-25-14-8-5-10-19(25)20-11-6-9-15-26(20)33)36-30(35)28-21-12-4-7-13-23(21)31-24-16-17-32(2)18-22(24)28/h4-15,27H,3,16-18H2,1-2H3. The molecule has 1 unspecified atom stereocenters. The zero-order chi connectivity index (χ0) is 24.8. The molecule has 0 saturated heterocycles. The fourth-order valence-electron chi connectivity index (χ4n) is 5.36.